The minimum Gasteiger partial charge on any atom is -0.381 e. The standard InChI is InChI=1S/C16H30N2O2/c1-2-18(11-14-7-10-20-12-14)15(19)16(13-17)8-5-3-4-6-9-16/h14H,2-13,17H2,1H3. The fourth-order valence-corrected chi connectivity index (χ4v) is 3.64. The summed E-state index contributed by atoms with van der Waals surface area (Å²) in [6, 6.07) is 0. The van der Waals surface area contributed by atoms with Gasteiger partial charge < -0.3 is 15.4 Å². The number of hydrogen-bond acceptors (Lipinski definition) is 3. The highest BCUT2D eigenvalue weighted by molar-refractivity contribution is 5.83. The molecule has 1 amide bonds. The summed E-state index contributed by atoms with van der Waals surface area (Å²) in [7, 11) is 0. The highest BCUT2D eigenvalue weighted by Gasteiger charge is 2.40. The van der Waals surface area contributed by atoms with Crippen molar-refractivity contribution in [3.05, 3.63) is 0 Å². The van der Waals surface area contributed by atoms with Crippen molar-refractivity contribution < 1.29 is 9.53 Å². The Morgan fingerprint density at radius 2 is 2.00 bits per heavy atom. The second-order valence-corrected chi connectivity index (χ2v) is 6.47. The molecular weight excluding hydrogens is 252 g/mol. The highest BCUT2D eigenvalue weighted by Crippen LogP contribution is 2.36. The molecule has 0 bridgehead atoms. The van der Waals surface area contributed by atoms with Gasteiger partial charge in [-0.05, 0) is 26.2 Å². The van der Waals surface area contributed by atoms with Crippen LogP contribution in [0, 0.1) is 11.3 Å². The minimum absolute atomic E-state index is 0.286. The fraction of sp³-hybridized carbons (Fsp3) is 0.938. The van der Waals surface area contributed by atoms with Crippen molar-refractivity contribution in [1.82, 2.24) is 4.90 Å². The molecule has 4 nitrogen and oxygen atoms in total. The van der Waals surface area contributed by atoms with Crippen molar-refractivity contribution in [2.24, 2.45) is 17.1 Å². The van der Waals surface area contributed by atoms with E-state index in [1.165, 1.54) is 12.8 Å². The average molecular weight is 282 g/mol. The van der Waals surface area contributed by atoms with Crippen molar-refractivity contribution in [2.75, 3.05) is 32.8 Å². The van der Waals surface area contributed by atoms with Crippen molar-refractivity contribution >= 4 is 5.91 Å². The molecule has 2 fully saturated rings. The van der Waals surface area contributed by atoms with E-state index < -0.39 is 0 Å². The smallest absolute Gasteiger partial charge is 0.230 e. The Bertz CT molecular complexity index is 306. The Balaban J connectivity index is 2.03. The van der Waals surface area contributed by atoms with Crippen LogP contribution in [0.3, 0.4) is 0 Å². The lowest BCUT2D eigenvalue weighted by molar-refractivity contribution is -0.143. The molecule has 2 N–H and O–H groups in total. The first-order chi connectivity index (χ1) is 9.72. The van der Waals surface area contributed by atoms with E-state index in [0.29, 0.717) is 18.4 Å². The maximum atomic E-state index is 13.0. The first-order valence-electron chi connectivity index (χ1n) is 8.29. The van der Waals surface area contributed by atoms with E-state index in [2.05, 4.69) is 6.92 Å². The van der Waals surface area contributed by atoms with Gasteiger partial charge in [-0.3, -0.25) is 4.79 Å². The number of carbonyl (C=O) groups excluding carboxylic acids is 1. The van der Waals surface area contributed by atoms with Crippen LogP contribution in [-0.4, -0.2) is 43.7 Å². The molecule has 0 radical (unpaired) electrons. The summed E-state index contributed by atoms with van der Waals surface area (Å²) < 4.78 is 5.44. The third-order valence-corrected chi connectivity index (χ3v) is 5.08. The summed E-state index contributed by atoms with van der Waals surface area (Å²) >= 11 is 0. The second kappa shape index (κ2) is 7.41. The molecule has 0 aromatic heterocycles. The molecule has 1 aliphatic carbocycles. The van der Waals surface area contributed by atoms with Crippen LogP contribution in [0.4, 0.5) is 0 Å². The first kappa shape index (κ1) is 15.8. The quantitative estimate of drug-likeness (QED) is 0.786. The Morgan fingerprint density at radius 3 is 2.50 bits per heavy atom. The number of ether oxygens (including phenoxy) is 1. The van der Waals surface area contributed by atoms with Crippen LogP contribution in [0.25, 0.3) is 0 Å². The van der Waals surface area contributed by atoms with E-state index >= 15 is 0 Å². The molecule has 2 rings (SSSR count). The maximum absolute atomic E-state index is 13.0. The highest BCUT2D eigenvalue weighted by atomic mass is 16.5. The van der Waals surface area contributed by atoms with Crippen molar-refractivity contribution in [3.8, 4) is 0 Å². The van der Waals surface area contributed by atoms with Crippen LogP contribution in [0.2, 0.25) is 0 Å². The van der Waals surface area contributed by atoms with Crippen molar-refractivity contribution in [1.29, 1.82) is 0 Å². The van der Waals surface area contributed by atoms with Crippen LogP contribution in [0.15, 0.2) is 0 Å². The largest absolute Gasteiger partial charge is 0.381 e. The lowest BCUT2D eigenvalue weighted by atomic mass is 9.78. The number of nitrogens with zero attached hydrogens (tertiary/aromatic N) is 1. The number of hydrogen-bond donors (Lipinski definition) is 1. The van der Waals surface area contributed by atoms with Gasteiger partial charge in [0.15, 0.2) is 0 Å². The second-order valence-electron chi connectivity index (χ2n) is 6.47. The van der Waals surface area contributed by atoms with Gasteiger partial charge in [-0.15, -0.1) is 0 Å². The van der Waals surface area contributed by atoms with Gasteiger partial charge >= 0.3 is 0 Å². The Morgan fingerprint density at radius 1 is 1.30 bits per heavy atom. The summed E-state index contributed by atoms with van der Waals surface area (Å²) in [5.74, 6) is 0.816. The lowest BCUT2D eigenvalue weighted by Crippen LogP contribution is -2.49. The van der Waals surface area contributed by atoms with E-state index in [0.717, 1.165) is 58.4 Å². The van der Waals surface area contributed by atoms with Gasteiger partial charge in [0.1, 0.15) is 0 Å². The SMILES string of the molecule is CCN(CC1CCOC1)C(=O)C1(CN)CCCCCC1. The monoisotopic (exact) mass is 282 g/mol. The summed E-state index contributed by atoms with van der Waals surface area (Å²) in [6.45, 7) is 5.87. The third-order valence-electron chi connectivity index (χ3n) is 5.08. The van der Waals surface area contributed by atoms with E-state index in [-0.39, 0.29) is 5.41 Å². The van der Waals surface area contributed by atoms with E-state index in [4.69, 9.17) is 10.5 Å². The molecule has 1 atom stereocenters. The number of nitrogens with two attached hydrogens (primary N) is 1. The molecule has 1 heterocycles. The molecule has 1 saturated carbocycles. The Hall–Kier alpha value is -0.610. The summed E-state index contributed by atoms with van der Waals surface area (Å²) in [5.41, 5.74) is 5.75. The van der Waals surface area contributed by atoms with Gasteiger partial charge in [-0.1, -0.05) is 25.7 Å². The zero-order valence-corrected chi connectivity index (χ0v) is 12.9. The van der Waals surface area contributed by atoms with Crippen LogP contribution in [-0.2, 0) is 9.53 Å². The zero-order chi connectivity index (χ0) is 14.4. The van der Waals surface area contributed by atoms with Crippen LogP contribution < -0.4 is 5.73 Å². The molecule has 0 aromatic rings. The molecule has 1 saturated heterocycles. The van der Waals surface area contributed by atoms with Gasteiger partial charge in [0.05, 0.1) is 12.0 Å². The van der Waals surface area contributed by atoms with Gasteiger partial charge in [-0.2, -0.15) is 0 Å². The zero-order valence-electron chi connectivity index (χ0n) is 12.9. The number of rotatable bonds is 5. The Kier molecular flexibility index (Phi) is 5.85. The summed E-state index contributed by atoms with van der Waals surface area (Å²) in [6.07, 6.45) is 7.81. The van der Waals surface area contributed by atoms with Crippen molar-refractivity contribution in [3.63, 3.8) is 0 Å². The molecule has 1 unspecified atom stereocenters. The van der Waals surface area contributed by atoms with E-state index in [1.54, 1.807) is 0 Å². The summed E-state index contributed by atoms with van der Waals surface area (Å²) in [5, 5.41) is 0. The van der Waals surface area contributed by atoms with Crippen LogP contribution in [0.1, 0.15) is 51.9 Å². The maximum Gasteiger partial charge on any atom is 0.230 e. The summed E-state index contributed by atoms with van der Waals surface area (Å²) in [4.78, 5) is 15.1. The van der Waals surface area contributed by atoms with Crippen LogP contribution >= 0.6 is 0 Å². The topological polar surface area (TPSA) is 55.6 Å². The molecule has 0 spiro atoms. The van der Waals surface area contributed by atoms with Gasteiger partial charge in [-0.25, -0.2) is 0 Å². The first-order valence-corrected chi connectivity index (χ1v) is 8.29. The molecule has 4 heteroatoms. The predicted octanol–water partition coefficient (Wildman–Crippen LogP) is 2.17. The number of amides is 1. The van der Waals surface area contributed by atoms with Gasteiger partial charge in [0.2, 0.25) is 5.91 Å². The van der Waals surface area contributed by atoms with E-state index in [9.17, 15) is 4.79 Å². The third kappa shape index (κ3) is 3.53. The van der Waals surface area contributed by atoms with Crippen LogP contribution in [0.5, 0.6) is 0 Å². The Labute approximate surface area is 123 Å². The normalized spacial score (nSPS) is 26.2. The van der Waals surface area contributed by atoms with Gasteiger partial charge in [0.25, 0.3) is 0 Å². The van der Waals surface area contributed by atoms with Gasteiger partial charge in [0, 0.05) is 32.2 Å². The predicted molar refractivity (Wildman–Crippen MR) is 80.4 cm³/mol. The molecule has 1 aliphatic heterocycles. The molecule has 20 heavy (non-hydrogen) atoms. The minimum atomic E-state index is -0.286. The average Bonchev–Trinajstić information content (AvgIpc) is 2.86. The lowest BCUT2D eigenvalue weighted by Gasteiger charge is -2.36. The molecule has 116 valence electrons. The molecule has 0 aromatic carbocycles. The van der Waals surface area contributed by atoms with E-state index in [1.807, 2.05) is 4.90 Å². The number of carbonyl (C=O) groups is 1. The molecule has 2 aliphatic rings. The molecular formula is C16H30N2O2. The fourth-order valence-electron chi connectivity index (χ4n) is 3.64. The van der Waals surface area contributed by atoms with Crippen molar-refractivity contribution in [2.45, 2.75) is 51.9 Å².